The third-order valence-electron chi connectivity index (χ3n) is 1.88. The fourth-order valence-corrected chi connectivity index (χ4v) is 1.11. The highest BCUT2D eigenvalue weighted by atomic mass is 35.5. The van der Waals surface area contributed by atoms with Crippen molar-refractivity contribution in [2.24, 2.45) is 5.73 Å². The van der Waals surface area contributed by atoms with Gasteiger partial charge >= 0.3 is 11.7 Å². The molecule has 0 aliphatic heterocycles. The Kier molecular flexibility index (Phi) is 4.92. The Morgan fingerprint density at radius 2 is 2.00 bits per heavy atom. The number of hydrogen-bond donors (Lipinski definition) is 2. The number of benzene rings is 1. The first-order chi connectivity index (χ1) is 7.36. The summed E-state index contributed by atoms with van der Waals surface area (Å²) >= 11 is 0. The molecule has 0 heterocycles. The number of hydrogen-bond acceptors (Lipinski definition) is 4. The average Bonchev–Trinajstić information content (AvgIpc) is 2.16. The van der Waals surface area contributed by atoms with Crippen LogP contribution in [0.25, 0.3) is 0 Å². The Morgan fingerprint density at radius 1 is 1.47 bits per heavy atom. The summed E-state index contributed by atoms with van der Waals surface area (Å²) in [4.78, 5) is 19.7. The summed E-state index contributed by atoms with van der Waals surface area (Å²) in [7, 11) is 0. The smallest absolute Gasteiger partial charge is 0.325 e. The fourth-order valence-electron chi connectivity index (χ4n) is 1.11. The zero-order chi connectivity index (χ0) is 12.5. The summed E-state index contributed by atoms with van der Waals surface area (Å²) in [5, 5.41) is 18.8. The summed E-state index contributed by atoms with van der Waals surface area (Å²) in [6.45, 7) is 0. The largest absolute Gasteiger partial charge is 0.480 e. The van der Waals surface area contributed by atoms with Crippen LogP contribution in [0.15, 0.2) is 12.1 Å². The zero-order valence-corrected chi connectivity index (χ0v) is 8.91. The van der Waals surface area contributed by atoms with Crippen LogP contribution >= 0.6 is 12.4 Å². The molecular formula is C8H7ClF2N2O4. The Hall–Kier alpha value is -1.80. The average molecular weight is 269 g/mol. The monoisotopic (exact) mass is 268 g/mol. The van der Waals surface area contributed by atoms with Gasteiger partial charge in [0.1, 0.15) is 11.9 Å². The molecule has 0 radical (unpaired) electrons. The molecule has 0 fully saturated rings. The number of aliphatic carboxylic acids is 1. The Balaban J connectivity index is 0.00000256. The highest BCUT2D eigenvalue weighted by Gasteiger charge is 2.28. The number of rotatable bonds is 3. The van der Waals surface area contributed by atoms with E-state index in [9.17, 15) is 23.7 Å². The van der Waals surface area contributed by atoms with Gasteiger partial charge in [0.2, 0.25) is 5.82 Å². The maximum Gasteiger partial charge on any atom is 0.325 e. The SMILES string of the molecule is Cl.NC(C(=O)O)c1c(F)ccc([N+](=O)[O-])c1F. The van der Waals surface area contributed by atoms with Gasteiger partial charge < -0.3 is 10.8 Å². The van der Waals surface area contributed by atoms with Crippen molar-refractivity contribution in [3.63, 3.8) is 0 Å². The molecule has 0 amide bonds. The van der Waals surface area contributed by atoms with E-state index in [4.69, 9.17) is 10.8 Å². The molecule has 94 valence electrons. The van der Waals surface area contributed by atoms with Crippen molar-refractivity contribution in [1.29, 1.82) is 0 Å². The predicted molar refractivity (Wildman–Crippen MR) is 54.8 cm³/mol. The van der Waals surface area contributed by atoms with Crippen LogP contribution in [0.4, 0.5) is 14.5 Å². The maximum absolute atomic E-state index is 13.4. The number of halogens is 3. The van der Waals surface area contributed by atoms with Crippen molar-refractivity contribution >= 4 is 24.1 Å². The molecule has 6 nitrogen and oxygen atoms in total. The molecule has 1 rings (SSSR count). The Bertz CT molecular complexity index is 469. The first kappa shape index (κ1) is 15.2. The molecule has 0 aromatic heterocycles. The molecule has 17 heavy (non-hydrogen) atoms. The number of carbonyl (C=O) groups is 1. The summed E-state index contributed by atoms with van der Waals surface area (Å²) in [5.74, 6) is -4.49. The minimum absolute atomic E-state index is 0. The number of nitrogens with two attached hydrogens (primary N) is 1. The first-order valence-electron chi connectivity index (χ1n) is 3.97. The Labute approximate surface area is 99.6 Å². The van der Waals surface area contributed by atoms with Crippen molar-refractivity contribution in [2.45, 2.75) is 6.04 Å². The third kappa shape index (κ3) is 2.86. The third-order valence-corrected chi connectivity index (χ3v) is 1.88. The van der Waals surface area contributed by atoms with Gasteiger partial charge in [-0.15, -0.1) is 12.4 Å². The lowest BCUT2D eigenvalue weighted by Gasteiger charge is -2.08. The van der Waals surface area contributed by atoms with Crippen LogP contribution < -0.4 is 5.73 Å². The number of nitro benzene ring substituents is 1. The number of carboxylic acids is 1. The van der Waals surface area contributed by atoms with Gasteiger partial charge in [0.15, 0.2) is 0 Å². The minimum Gasteiger partial charge on any atom is -0.480 e. The maximum atomic E-state index is 13.4. The first-order valence-corrected chi connectivity index (χ1v) is 3.97. The second kappa shape index (κ2) is 5.51. The molecule has 0 aliphatic carbocycles. The van der Waals surface area contributed by atoms with Crippen molar-refractivity contribution in [3.05, 3.63) is 39.4 Å². The van der Waals surface area contributed by atoms with Crippen LogP contribution in [0.1, 0.15) is 11.6 Å². The zero-order valence-electron chi connectivity index (χ0n) is 8.09. The van der Waals surface area contributed by atoms with E-state index in [0.717, 1.165) is 0 Å². The molecule has 1 atom stereocenters. The fraction of sp³-hybridized carbons (Fsp3) is 0.125. The lowest BCUT2D eigenvalue weighted by Crippen LogP contribution is -2.23. The van der Waals surface area contributed by atoms with Crippen LogP contribution in [0, 0.1) is 21.7 Å². The van der Waals surface area contributed by atoms with Gasteiger partial charge in [0, 0.05) is 6.07 Å². The van der Waals surface area contributed by atoms with Crippen LogP contribution in [0.5, 0.6) is 0 Å². The lowest BCUT2D eigenvalue weighted by atomic mass is 10.1. The summed E-state index contributed by atoms with van der Waals surface area (Å²) in [6, 6.07) is -0.790. The van der Waals surface area contributed by atoms with E-state index >= 15 is 0 Å². The van der Waals surface area contributed by atoms with Gasteiger partial charge in [-0.3, -0.25) is 14.9 Å². The Morgan fingerprint density at radius 3 is 2.41 bits per heavy atom. The minimum atomic E-state index is -1.99. The van der Waals surface area contributed by atoms with E-state index in [1.165, 1.54) is 0 Å². The van der Waals surface area contributed by atoms with Gasteiger partial charge in [0.05, 0.1) is 10.5 Å². The van der Waals surface area contributed by atoms with E-state index in [0.29, 0.717) is 12.1 Å². The normalized spacial score (nSPS) is 11.5. The standard InChI is InChI=1S/C8H6F2N2O4.ClH/c9-3-1-2-4(12(15)16)6(10)5(3)7(11)8(13)14;/h1-2,7H,11H2,(H,13,14);1H. The lowest BCUT2D eigenvalue weighted by molar-refractivity contribution is -0.387. The van der Waals surface area contributed by atoms with E-state index < -0.39 is 39.8 Å². The molecule has 0 saturated carbocycles. The van der Waals surface area contributed by atoms with E-state index in [1.54, 1.807) is 0 Å². The summed E-state index contributed by atoms with van der Waals surface area (Å²) in [6.07, 6.45) is 0. The molecular weight excluding hydrogens is 262 g/mol. The molecule has 9 heteroatoms. The van der Waals surface area contributed by atoms with E-state index in [2.05, 4.69) is 0 Å². The van der Waals surface area contributed by atoms with E-state index in [1.807, 2.05) is 0 Å². The van der Waals surface area contributed by atoms with Crippen molar-refractivity contribution < 1.29 is 23.6 Å². The van der Waals surface area contributed by atoms with Crippen molar-refractivity contribution in [1.82, 2.24) is 0 Å². The molecule has 1 aromatic rings. The van der Waals surface area contributed by atoms with Gasteiger partial charge in [-0.05, 0) is 6.07 Å². The predicted octanol–water partition coefficient (Wildman–Crippen LogP) is 1.38. The highest BCUT2D eigenvalue weighted by molar-refractivity contribution is 5.85. The summed E-state index contributed by atoms with van der Waals surface area (Å²) in [5.41, 5.74) is 2.96. The topological polar surface area (TPSA) is 106 Å². The van der Waals surface area contributed by atoms with Crippen molar-refractivity contribution in [2.75, 3.05) is 0 Å². The van der Waals surface area contributed by atoms with Crippen LogP contribution in [-0.4, -0.2) is 16.0 Å². The van der Waals surface area contributed by atoms with Gasteiger partial charge in [0.25, 0.3) is 0 Å². The number of nitrogens with zero attached hydrogens (tertiary/aromatic N) is 1. The van der Waals surface area contributed by atoms with E-state index in [-0.39, 0.29) is 12.4 Å². The number of nitro groups is 1. The van der Waals surface area contributed by atoms with Crippen LogP contribution in [-0.2, 0) is 4.79 Å². The van der Waals surface area contributed by atoms with Gasteiger partial charge in [-0.1, -0.05) is 0 Å². The molecule has 1 aromatic carbocycles. The van der Waals surface area contributed by atoms with Crippen LogP contribution in [0.2, 0.25) is 0 Å². The second-order valence-corrected chi connectivity index (χ2v) is 2.87. The molecule has 0 aliphatic rings. The van der Waals surface area contributed by atoms with Gasteiger partial charge in [-0.25, -0.2) is 4.39 Å². The molecule has 1 unspecified atom stereocenters. The second-order valence-electron chi connectivity index (χ2n) is 2.87. The quantitative estimate of drug-likeness (QED) is 0.636. The number of carboxylic acid groups (broad SMARTS) is 1. The highest BCUT2D eigenvalue weighted by Crippen LogP contribution is 2.26. The molecule has 0 spiro atoms. The van der Waals surface area contributed by atoms with Crippen LogP contribution in [0.3, 0.4) is 0 Å². The molecule has 0 saturated heterocycles. The molecule has 3 N–H and O–H groups in total. The van der Waals surface area contributed by atoms with Gasteiger partial charge in [-0.2, -0.15) is 4.39 Å². The summed E-state index contributed by atoms with van der Waals surface area (Å²) < 4.78 is 26.5. The van der Waals surface area contributed by atoms with Crippen molar-refractivity contribution in [3.8, 4) is 0 Å². The molecule has 0 bridgehead atoms.